The molecular weight excluding hydrogens is 198 g/mol. The molecule has 0 aromatic rings. The van der Waals surface area contributed by atoms with Crippen LogP contribution in [0.1, 0.15) is 26.7 Å². The van der Waals surface area contributed by atoms with E-state index in [1.807, 2.05) is 6.92 Å². The van der Waals surface area contributed by atoms with Crippen LogP contribution in [0, 0.1) is 5.92 Å². The Kier molecular flexibility index (Phi) is 5.83. The quantitative estimate of drug-likeness (QED) is 0.520. The molecule has 0 radical (unpaired) electrons. The first-order valence-corrected chi connectivity index (χ1v) is 6.11. The van der Waals surface area contributed by atoms with Crippen LogP contribution in [-0.2, 0) is 4.74 Å². The average molecular weight is 220 g/mol. The van der Waals surface area contributed by atoms with Gasteiger partial charge in [0.15, 0.2) is 0 Å². The van der Waals surface area contributed by atoms with Crippen molar-refractivity contribution in [3.8, 4) is 0 Å². The first kappa shape index (κ1) is 12.3. The normalized spacial score (nSPS) is 29.4. The van der Waals surface area contributed by atoms with E-state index < -0.39 is 0 Å². The number of hydrogen-bond acceptors (Lipinski definition) is 2. The fourth-order valence-corrected chi connectivity index (χ4v) is 2.14. The van der Waals surface area contributed by atoms with Crippen molar-refractivity contribution in [2.24, 2.45) is 5.92 Å². The van der Waals surface area contributed by atoms with E-state index in [4.69, 9.17) is 16.3 Å². The van der Waals surface area contributed by atoms with Crippen LogP contribution in [-0.4, -0.2) is 43.1 Å². The van der Waals surface area contributed by atoms with E-state index in [0.717, 1.165) is 32.7 Å². The molecule has 0 N–H and O–H groups in total. The lowest BCUT2D eigenvalue weighted by molar-refractivity contribution is 0.123. The Labute approximate surface area is 92.6 Å². The highest BCUT2D eigenvalue weighted by molar-refractivity contribution is 6.21. The molecule has 0 aromatic carbocycles. The van der Waals surface area contributed by atoms with Gasteiger partial charge < -0.3 is 9.64 Å². The van der Waals surface area contributed by atoms with Gasteiger partial charge in [0.05, 0.1) is 0 Å². The van der Waals surface area contributed by atoms with Gasteiger partial charge >= 0.3 is 0 Å². The second kappa shape index (κ2) is 6.65. The molecule has 1 heterocycles. The Morgan fingerprint density at radius 3 is 2.93 bits per heavy atom. The second-order valence-electron chi connectivity index (χ2n) is 4.13. The second-order valence-corrected chi connectivity index (χ2v) is 4.69. The SMILES string of the molecule is CCOCCCN1CCC(C)C(Cl)C1. The van der Waals surface area contributed by atoms with E-state index in [0.29, 0.717) is 11.3 Å². The maximum Gasteiger partial charge on any atom is 0.0489 e. The van der Waals surface area contributed by atoms with Crippen molar-refractivity contribution in [2.45, 2.75) is 32.1 Å². The van der Waals surface area contributed by atoms with Gasteiger partial charge in [-0.3, -0.25) is 0 Å². The minimum Gasteiger partial charge on any atom is -0.382 e. The van der Waals surface area contributed by atoms with Crippen molar-refractivity contribution < 1.29 is 4.74 Å². The largest absolute Gasteiger partial charge is 0.382 e. The third kappa shape index (κ3) is 4.16. The third-order valence-electron chi connectivity index (χ3n) is 2.92. The predicted octanol–water partition coefficient (Wildman–Crippen LogP) is 2.36. The number of nitrogens with zero attached hydrogens (tertiary/aromatic N) is 1. The van der Waals surface area contributed by atoms with Crippen molar-refractivity contribution in [1.29, 1.82) is 0 Å². The summed E-state index contributed by atoms with van der Waals surface area (Å²) in [4.78, 5) is 2.46. The molecule has 84 valence electrons. The average Bonchev–Trinajstić information content (AvgIpc) is 2.18. The van der Waals surface area contributed by atoms with Crippen LogP contribution >= 0.6 is 11.6 Å². The maximum atomic E-state index is 6.23. The lowest BCUT2D eigenvalue weighted by Gasteiger charge is -2.33. The molecule has 1 saturated heterocycles. The highest BCUT2D eigenvalue weighted by Crippen LogP contribution is 2.21. The van der Waals surface area contributed by atoms with Gasteiger partial charge in [0.1, 0.15) is 0 Å². The first-order valence-electron chi connectivity index (χ1n) is 5.68. The zero-order valence-corrected chi connectivity index (χ0v) is 10.1. The lowest BCUT2D eigenvalue weighted by Crippen LogP contribution is -2.40. The summed E-state index contributed by atoms with van der Waals surface area (Å²) in [5.74, 6) is 0.680. The Hall–Kier alpha value is 0.210. The minimum absolute atomic E-state index is 0.343. The third-order valence-corrected chi connectivity index (χ3v) is 3.49. The van der Waals surface area contributed by atoms with Crippen LogP contribution in [0.2, 0.25) is 0 Å². The van der Waals surface area contributed by atoms with Gasteiger partial charge in [0.2, 0.25) is 0 Å². The Bertz CT molecular complexity index is 154. The summed E-state index contributed by atoms with van der Waals surface area (Å²) in [7, 11) is 0. The van der Waals surface area contributed by atoms with Crippen LogP contribution in [0.15, 0.2) is 0 Å². The molecular formula is C11H22ClNO. The molecule has 1 rings (SSSR count). The van der Waals surface area contributed by atoms with Gasteiger partial charge in [0, 0.05) is 31.7 Å². The minimum atomic E-state index is 0.343. The predicted molar refractivity (Wildman–Crippen MR) is 61.0 cm³/mol. The Morgan fingerprint density at radius 1 is 1.50 bits per heavy atom. The number of ether oxygens (including phenoxy) is 1. The number of likely N-dealkylation sites (tertiary alicyclic amines) is 1. The topological polar surface area (TPSA) is 12.5 Å². The summed E-state index contributed by atoms with van der Waals surface area (Å²) in [6.45, 7) is 9.39. The summed E-state index contributed by atoms with van der Waals surface area (Å²) in [5.41, 5.74) is 0. The molecule has 1 aliphatic heterocycles. The highest BCUT2D eigenvalue weighted by Gasteiger charge is 2.23. The van der Waals surface area contributed by atoms with Gasteiger partial charge in [-0.15, -0.1) is 11.6 Å². The molecule has 0 bridgehead atoms. The zero-order chi connectivity index (χ0) is 10.4. The fraction of sp³-hybridized carbons (Fsp3) is 1.00. The number of hydrogen-bond donors (Lipinski definition) is 0. The maximum absolute atomic E-state index is 6.23. The van der Waals surface area contributed by atoms with E-state index in [9.17, 15) is 0 Å². The van der Waals surface area contributed by atoms with Crippen molar-refractivity contribution in [3.05, 3.63) is 0 Å². The fourth-order valence-electron chi connectivity index (χ4n) is 1.82. The van der Waals surface area contributed by atoms with E-state index in [1.54, 1.807) is 0 Å². The molecule has 0 saturated carbocycles. The van der Waals surface area contributed by atoms with Crippen LogP contribution in [0.3, 0.4) is 0 Å². The summed E-state index contributed by atoms with van der Waals surface area (Å²) < 4.78 is 5.31. The van der Waals surface area contributed by atoms with Crippen molar-refractivity contribution in [3.63, 3.8) is 0 Å². The van der Waals surface area contributed by atoms with Crippen LogP contribution in [0.25, 0.3) is 0 Å². The molecule has 0 amide bonds. The van der Waals surface area contributed by atoms with E-state index >= 15 is 0 Å². The molecule has 0 spiro atoms. The number of rotatable bonds is 5. The number of halogens is 1. The van der Waals surface area contributed by atoms with Crippen molar-refractivity contribution >= 4 is 11.6 Å². The van der Waals surface area contributed by atoms with Gasteiger partial charge in [-0.25, -0.2) is 0 Å². The molecule has 2 atom stereocenters. The molecule has 1 aliphatic rings. The molecule has 14 heavy (non-hydrogen) atoms. The zero-order valence-electron chi connectivity index (χ0n) is 9.34. The molecule has 0 aromatic heterocycles. The standard InChI is InChI=1S/C11H22ClNO/c1-3-14-8-4-6-13-7-5-10(2)11(12)9-13/h10-11H,3-9H2,1-2H3. The van der Waals surface area contributed by atoms with E-state index in [2.05, 4.69) is 11.8 Å². The summed E-state index contributed by atoms with van der Waals surface area (Å²) >= 11 is 6.23. The van der Waals surface area contributed by atoms with E-state index in [1.165, 1.54) is 13.0 Å². The number of piperidine rings is 1. The van der Waals surface area contributed by atoms with Gasteiger partial charge in [0.25, 0.3) is 0 Å². The van der Waals surface area contributed by atoms with Crippen molar-refractivity contribution in [2.75, 3.05) is 32.8 Å². The first-order chi connectivity index (χ1) is 6.74. The molecule has 3 heteroatoms. The van der Waals surface area contributed by atoms with Crippen LogP contribution in [0.4, 0.5) is 0 Å². The van der Waals surface area contributed by atoms with Gasteiger partial charge in [-0.1, -0.05) is 6.92 Å². The Balaban J connectivity index is 2.07. The van der Waals surface area contributed by atoms with E-state index in [-0.39, 0.29) is 0 Å². The molecule has 0 aliphatic carbocycles. The lowest BCUT2D eigenvalue weighted by atomic mass is 9.98. The van der Waals surface area contributed by atoms with Gasteiger partial charge in [-0.2, -0.15) is 0 Å². The summed E-state index contributed by atoms with van der Waals surface area (Å²) in [6, 6.07) is 0. The highest BCUT2D eigenvalue weighted by atomic mass is 35.5. The monoisotopic (exact) mass is 219 g/mol. The van der Waals surface area contributed by atoms with Gasteiger partial charge in [-0.05, 0) is 32.2 Å². The van der Waals surface area contributed by atoms with Crippen molar-refractivity contribution in [1.82, 2.24) is 4.90 Å². The summed E-state index contributed by atoms with van der Waals surface area (Å²) in [6.07, 6.45) is 2.37. The smallest absolute Gasteiger partial charge is 0.0489 e. The summed E-state index contributed by atoms with van der Waals surface area (Å²) in [5, 5.41) is 0.343. The Morgan fingerprint density at radius 2 is 2.29 bits per heavy atom. The van der Waals surface area contributed by atoms with Crippen LogP contribution < -0.4 is 0 Å². The molecule has 1 fully saturated rings. The molecule has 2 nitrogen and oxygen atoms in total. The van der Waals surface area contributed by atoms with Crippen LogP contribution in [0.5, 0.6) is 0 Å². The number of alkyl halides is 1. The molecule has 2 unspecified atom stereocenters.